The summed E-state index contributed by atoms with van der Waals surface area (Å²) in [6, 6.07) is 0.172. The Morgan fingerprint density at radius 3 is 2.57 bits per heavy atom. The van der Waals surface area contributed by atoms with Gasteiger partial charge in [0.2, 0.25) is 5.91 Å². The van der Waals surface area contributed by atoms with E-state index < -0.39 is 0 Å². The number of nitrogens with zero attached hydrogens (tertiary/aromatic N) is 1. The fourth-order valence-corrected chi connectivity index (χ4v) is 2.95. The van der Waals surface area contributed by atoms with Crippen LogP contribution < -0.4 is 0 Å². The van der Waals surface area contributed by atoms with Crippen LogP contribution in [0.4, 0.5) is 0 Å². The van der Waals surface area contributed by atoms with Gasteiger partial charge in [0.25, 0.3) is 0 Å². The molecule has 2 fully saturated rings. The SMILES string of the molecule is CC(CCl)N(C)C(=O)C1C2CCCC21. The Labute approximate surface area is 90.6 Å². The summed E-state index contributed by atoms with van der Waals surface area (Å²) in [5, 5.41) is 0. The summed E-state index contributed by atoms with van der Waals surface area (Å²) >= 11 is 5.74. The van der Waals surface area contributed by atoms with Gasteiger partial charge in [-0.25, -0.2) is 0 Å². The highest BCUT2D eigenvalue weighted by Gasteiger charge is 2.57. The first-order chi connectivity index (χ1) is 6.66. The fourth-order valence-electron chi connectivity index (χ4n) is 2.74. The molecular formula is C11H18ClNO. The van der Waals surface area contributed by atoms with Gasteiger partial charge in [-0.3, -0.25) is 4.79 Å². The minimum Gasteiger partial charge on any atom is -0.342 e. The van der Waals surface area contributed by atoms with Crippen LogP contribution in [0.2, 0.25) is 0 Å². The topological polar surface area (TPSA) is 20.3 Å². The summed E-state index contributed by atoms with van der Waals surface area (Å²) in [6.45, 7) is 2.00. The highest BCUT2D eigenvalue weighted by molar-refractivity contribution is 6.18. The largest absolute Gasteiger partial charge is 0.342 e. The first-order valence-corrected chi connectivity index (χ1v) is 6.03. The van der Waals surface area contributed by atoms with Crippen LogP contribution in [0.5, 0.6) is 0 Å². The second-order valence-electron chi connectivity index (χ2n) is 4.74. The van der Waals surface area contributed by atoms with Crippen molar-refractivity contribution < 1.29 is 4.79 Å². The highest BCUT2D eigenvalue weighted by Crippen LogP contribution is 2.58. The number of hydrogen-bond donors (Lipinski definition) is 0. The van der Waals surface area contributed by atoms with Crippen molar-refractivity contribution in [3.05, 3.63) is 0 Å². The molecule has 0 bridgehead atoms. The third-order valence-corrected chi connectivity index (χ3v) is 4.37. The Morgan fingerprint density at radius 2 is 2.07 bits per heavy atom. The monoisotopic (exact) mass is 215 g/mol. The quantitative estimate of drug-likeness (QED) is 0.661. The molecule has 0 saturated heterocycles. The normalized spacial score (nSPS) is 36.4. The van der Waals surface area contributed by atoms with Crippen molar-refractivity contribution in [3.8, 4) is 0 Å². The van der Waals surface area contributed by atoms with Crippen LogP contribution in [0.15, 0.2) is 0 Å². The number of fused-ring (bicyclic) bond motifs is 1. The fraction of sp³-hybridized carbons (Fsp3) is 0.909. The predicted molar refractivity (Wildman–Crippen MR) is 57.3 cm³/mol. The van der Waals surface area contributed by atoms with Gasteiger partial charge < -0.3 is 4.90 Å². The molecule has 0 aromatic heterocycles. The van der Waals surface area contributed by atoms with Crippen LogP contribution in [0, 0.1) is 17.8 Å². The number of hydrogen-bond acceptors (Lipinski definition) is 1. The van der Waals surface area contributed by atoms with Crippen molar-refractivity contribution in [1.29, 1.82) is 0 Å². The molecule has 2 saturated carbocycles. The van der Waals surface area contributed by atoms with Crippen molar-refractivity contribution in [2.45, 2.75) is 32.2 Å². The number of alkyl halides is 1. The zero-order valence-corrected chi connectivity index (χ0v) is 9.63. The summed E-state index contributed by atoms with van der Waals surface area (Å²) in [6.07, 6.45) is 3.86. The molecule has 2 aliphatic rings. The van der Waals surface area contributed by atoms with E-state index in [1.165, 1.54) is 19.3 Å². The van der Waals surface area contributed by atoms with Crippen LogP contribution in [-0.4, -0.2) is 29.8 Å². The minimum atomic E-state index is 0.172. The predicted octanol–water partition coefficient (Wildman–Crippen LogP) is 2.12. The van der Waals surface area contributed by atoms with E-state index in [0.717, 1.165) is 0 Å². The third kappa shape index (κ3) is 1.54. The highest BCUT2D eigenvalue weighted by atomic mass is 35.5. The van der Waals surface area contributed by atoms with E-state index in [9.17, 15) is 4.79 Å². The molecule has 0 heterocycles. The third-order valence-electron chi connectivity index (χ3n) is 3.92. The van der Waals surface area contributed by atoms with Gasteiger partial charge in [-0.2, -0.15) is 0 Å². The maximum absolute atomic E-state index is 12.0. The lowest BCUT2D eigenvalue weighted by Gasteiger charge is -2.23. The summed E-state index contributed by atoms with van der Waals surface area (Å²) in [5.74, 6) is 2.64. The van der Waals surface area contributed by atoms with E-state index in [0.29, 0.717) is 29.5 Å². The molecule has 0 aromatic rings. The van der Waals surface area contributed by atoms with Crippen LogP contribution in [-0.2, 0) is 4.79 Å². The molecule has 2 rings (SSSR count). The van der Waals surface area contributed by atoms with Crippen LogP contribution >= 0.6 is 11.6 Å². The molecule has 14 heavy (non-hydrogen) atoms. The van der Waals surface area contributed by atoms with E-state index in [1.54, 1.807) is 0 Å². The molecule has 3 unspecified atom stereocenters. The van der Waals surface area contributed by atoms with Crippen LogP contribution in [0.1, 0.15) is 26.2 Å². The summed E-state index contributed by atoms with van der Waals surface area (Å²) < 4.78 is 0. The van der Waals surface area contributed by atoms with Crippen molar-refractivity contribution in [2.75, 3.05) is 12.9 Å². The van der Waals surface area contributed by atoms with Gasteiger partial charge in [-0.05, 0) is 31.6 Å². The van der Waals surface area contributed by atoms with E-state index in [1.807, 2.05) is 18.9 Å². The van der Waals surface area contributed by atoms with E-state index in [4.69, 9.17) is 11.6 Å². The van der Waals surface area contributed by atoms with E-state index in [2.05, 4.69) is 0 Å². The molecule has 3 atom stereocenters. The Hall–Kier alpha value is -0.240. The molecule has 2 aliphatic carbocycles. The Bertz CT molecular complexity index is 227. The van der Waals surface area contributed by atoms with Gasteiger partial charge in [0.05, 0.1) is 0 Å². The molecule has 0 spiro atoms. The second-order valence-corrected chi connectivity index (χ2v) is 5.05. The Balaban J connectivity index is 1.90. The lowest BCUT2D eigenvalue weighted by atomic mass is 10.1. The first kappa shape index (κ1) is 10.3. The summed E-state index contributed by atoms with van der Waals surface area (Å²) in [4.78, 5) is 13.8. The molecule has 0 aromatic carbocycles. The molecule has 0 radical (unpaired) electrons. The Kier molecular flexibility index (Phi) is 2.74. The van der Waals surface area contributed by atoms with Gasteiger partial charge in [0, 0.05) is 24.9 Å². The summed E-state index contributed by atoms with van der Waals surface area (Å²) in [7, 11) is 1.88. The van der Waals surface area contributed by atoms with Gasteiger partial charge in [0.15, 0.2) is 0 Å². The van der Waals surface area contributed by atoms with Gasteiger partial charge >= 0.3 is 0 Å². The van der Waals surface area contributed by atoms with Gasteiger partial charge in [0.1, 0.15) is 0 Å². The van der Waals surface area contributed by atoms with Crippen LogP contribution in [0.25, 0.3) is 0 Å². The number of amides is 1. The average molecular weight is 216 g/mol. The lowest BCUT2D eigenvalue weighted by molar-refractivity contribution is -0.133. The number of carbonyl (C=O) groups excluding carboxylic acids is 1. The smallest absolute Gasteiger partial charge is 0.226 e. The van der Waals surface area contributed by atoms with E-state index in [-0.39, 0.29) is 6.04 Å². The van der Waals surface area contributed by atoms with Gasteiger partial charge in [-0.15, -0.1) is 11.6 Å². The minimum absolute atomic E-state index is 0.172. The van der Waals surface area contributed by atoms with Crippen molar-refractivity contribution in [2.24, 2.45) is 17.8 Å². The number of halogens is 1. The zero-order valence-electron chi connectivity index (χ0n) is 8.87. The molecule has 3 heteroatoms. The first-order valence-electron chi connectivity index (χ1n) is 5.49. The van der Waals surface area contributed by atoms with Gasteiger partial charge in [-0.1, -0.05) is 6.42 Å². The number of carbonyl (C=O) groups is 1. The molecule has 2 nitrogen and oxygen atoms in total. The molecular weight excluding hydrogens is 198 g/mol. The second kappa shape index (κ2) is 3.73. The lowest BCUT2D eigenvalue weighted by Crippen LogP contribution is -2.38. The van der Waals surface area contributed by atoms with Crippen molar-refractivity contribution in [1.82, 2.24) is 4.90 Å². The molecule has 80 valence electrons. The van der Waals surface area contributed by atoms with Crippen molar-refractivity contribution in [3.63, 3.8) is 0 Å². The van der Waals surface area contributed by atoms with Crippen LogP contribution in [0.3, 0.4) is 0 Å². The molecule has 1 amide bonds. The maximum Gasteiger partial charge on any atom is 0.226 e. The van der Waals surface area contributed by atoms with Crippen molar-refractivity contribution >= 4 is 17.5 Å². The Morgan fingerprint density at radius 1 is 1.50 bits per heavy atom. The maximum atomic E-state index is 12.0. The molecule has 0 aliphatic heterocycles. The summed E-state index contributed by atoms with van der Waals surface area (Å²) in [5.41, 5.74) is 0. The molecule has 0 N–H and O–H groups in total. The van der Waals surface area contributed by atoms with E-state index >= 15 is 0 Å². The number of rotatable bonds is 3. The standard InChI is InChI=1S/C11H18ClNO/c1-7(6-12)13(2)11(14)10-8-4-3-5-9(8)10/h7-10H,3-6H2,1-2H3. The zero-order chi connectivity index (χ0) is 10.3. The average Bonchev–Trinajstić information content (AvgIpc) is 2.68.